The maximum atomic E-state index is 10.6. The van der Waals surface area contributed by atoms with Gasteiger partial charge in [0, 0.05) is 0 Å². The van der Waals surface area contributed by atoms with Crippen molar-refractivity contribution in [3.63, 3.8) is 0 Å². The Kier molecular flexibility index (Phi) is 6.86. The van der Waals surface area contributed by atoms with Crippen molar-refractivity contribution in [1.82, 2.24) is 0 Å². The molecule has 3 N–H and O–H groups in total. The molecule has 0 spiro atoms. The molecule has 4 aromatic carbocycles. The number of non-ortho nitro benzene ring substituents is 1. The van der Waals surface area contributed by atoms with Crippen LogP contribution < -0.4 is 11.3 Å². The molecule has 4 aromatic rings. The maximum absolute atomic E-state index is 10.6. The average molecular weight is 447 g/mol. The fourth-order valence-electron chi connectivity index (χ4n) is 3.23. The summed E-state index contributed by atoms with van der Waals surface area (Å²) in [7, 11) is 0. The Bertz CT molecular complexity index is 1300. The molecule has 0 aliphatic rings. The van der Waals surface area contributed by atoms with E-state index in [4.69, 9.17) is 5.84 Å². The Balaban J connectivity index is 0.000000186. The number of nitrogens with one attached hydrogen (secondary N) is 1. The van der Waals surface area contributed by atoms with Gasteiger partial charge in [-0.05, 0) is 21.9 Å². The van der Waals surface area contributed by atoms with Crippen molar-refractivity contribution in [2.75, 3.05) is 5.43 Å². The molecule has 0 radical (unpaired) electrons. The molecular formula is C22H17N5O6. The number of nitro benzene ring substituents is 3. The van der Waals surface area contributed by atoms with Gasteiger partial charge in [-0.3, -0.25) is 36.2 Å². The van der Waals surface area contributed by atoms with Gasteiger partial charge in [0.25, 0.3) is 5.69 Å². The molecule has 166 valence electrons. The standard InChI is InChI=1S/C16H12.C6H5N5O6/c1-2-7-13(8-3-1)16-12-6-10-14-9-4-5-11-15(14)16;7-8-6-4(10(14)15)1-3(9(12)13)2-5(6)11(16)17/h1-12H;1-2,8H,7H2. The summed E-state index contributed by atoms with van der Waals surface area (Å²) < 4.78 is 0. The molecule has 0 aliphatic carbocycles. The average Bonchev–Trinajstić information content (AvgIpc) is 2.83. The lowest BCUT2D eigenvalue weighted by molar-refractivity contribution is -0.401. The number of hydrazine groups is 1. The Morgan fingerprint density at radius 2 is 1.21 bits per heavy atom. The van der Waals surface area contributed by atoms with Crippen LogP contribution in [0.4, 0.5) is 22.7 Å². The normalized spacial score (nSPS) is 10.1. The lowest BCUT2D eigenvalue weighted by Gasteiger charge is -2.06. The highest BCUT2D eigenvalue weighted by atomic mass is 16.6. The van der Waals surface area contributed by atoms with Gasteiger partial charge in [0.15, 0.2) is 0 Å². The first-order valence-electron chi connectivity index (χ1n) is 9.44. The minimum absolute atomic E-state index is 0.586. The first-order chi connectivity index (χ1) is 15.8. The van der Waals surface area contributed by atoms with E-state index in [1.807, 2.05) is 0 Å². The third-order valence-corrected chi connectivity index (χ3v) is 4.70. The minimum atomic E-state index is -1.00. The third-order valence-electron chi connectivity index (χ3n) is 4.70. The second-order valence-electron chi connectivity index (χ2n) is 6.67. The topological polar surface area (TPSA) is 167 Å². The van der Waals surface area contributed by atoms with Crippen molar-refractivity contribution in [3.8, 4) is 11.1 Å². The predicted octanol–water partition coefficient (Wildman–Crippen LogP) is 5.20. The molecule has 11 heteroatoms. The quantitative estimate of drug-likeness (QED) is 0.239. The van der Waals surface area contributed by atoms with Crippen molar-refractivity contribution in [3.05, 3.63) is 115 Å². The van der Waals surface area contributed by atoms with Crippen LogP contribution in [0.25, 0.3) is 21.9 Å². The first kappa shape index (κ1) is 22.8. The number of anilines is 1. The number of hydrogen-bond donors (Lipinski definition) is 2. The molecule has 33 heavy (non-hydrogen) atoms. The summed E-state index contributed by atoms with van der Waals surface area (Å²) in [6, 6.07) is 26.6. The molecule has 0 saturated heterocycles. The second kappa shape index (κ2) is 9.94. The second-order valence-corrected chi connectivity index (χ2v) is 6.67. The van der Waals surface area contributed by atoms with E-state index in [1.165, 1.54) is 21.9 Å². The number of fused-ring (bicyclic) bond motifs is 1. The summed E-state index contributed by atoms with van der Waals surface area (Å²) >= 11 is 0. The Labute approximate surface area is 186 Å². The molecule has 0 fully saturated rings. The van der Waals surface area contributed by atoms with Gasteiger partial charge in [-0.15, -0.1) is 0 Å². The zero-order valence-electron chi connectivity index (χ0n) is 17.0. The van der Waals surface area contributed by atoms with E-state index in [9.17, 15) is 30.3 Å². The van der Waals surface area contributed by atoms with Gasteiger partial charge in [-0.1, -0.05) is 72.8 Å². The summed E-state index contributed by atoms with van der Waals surface area (Å²) in [4.78, 5) is 28.7. The monoisotopic (exact) mass is 447 g/mol. The van der Waals surface area contributed by atoms with E-state index in [0.29, 0.717) is 12.1 Å². The summed E-state index contributed by atoms with van der Waals surface area (Å²) in [5.41, 5.74) is 1.34. The molecule has 0 amide bonds. The molecule has 0 heterocycles. The zero-order valence-corrected chi connectivity index (χ0v) is 17.0. The van der Waals surface area contributed by atoms with Crippen LogP contribution in [0.15, 0.2) is 84.9 Å². The largest absolute Gasteiger partial charge is 0.313 e. The van der Waals surface area contributed by atoms with Crippen molar-refractivity contribution in [1.29, 1.82) is 0 Å². The molecular weight excluding hydrogens is 430 g/mol. The first-order valence-corrected chi connectivity index (χ1v) is 9.44. The number of nitrogen functional groups attached to an aromatic ring is 1. The third kappa shape index (κ3) is 5.06. The SMILES string of the molecule is NNc1c([N+](=O)[O-])cc([N+](=O)[O-])cc1[N+](=O)[O-].c1ccc(-c2cccc3ccccc23)cc1. The summed E-state index contributed by atoms with van der Waals surface area (Å²) in [5, 5.41) is 34.3. The molecule has 0 atom stereocenters. The van der Waals surface area contributed by atoms with Crippen LogP contribution >= 0.6 is 0 Å². The van der Waals surface area contributed by atoms with E-state index in [0.717, 1.165) is 0 Å². The van der Waals surface area contributed by atoms with Crippen molar-refractivity contribution >= 4 is 33.5 Å². The Hall–Kier alpha value is -4.90. The molecule has 0 aromatic heterocycles. The van der Waals surface area contributed by atoms with Gasteiger partial charge in [-0.2, -0.15) is 0 Å². The van der Waals surface area contributed by atoms with Crippen LogP contribution in [0.2, 0.25) is 0 Å². The van der Waals surface area contributed by atoms with Gasteiger partial charge in [0.05, 0.1) is 26.9 Å². The lowest BCUT2D eigenvalue weighted by atomic mass is 9.98. The van der Waals surface area contributed by atoms with Crippen molar-refractivity contribution < 1.29 is 14.8 Å². The van der Waals surface area contributed by atoms with E-state index in [-0.39, 0.29) is 0 Å². The van der Waals surface area contributed by atoms with Crippen LogP contribution in [-0.4, -0.2) is 14.8 Å². The highest BCUT2D eigenvalue weighted by Gasteiger charge is 2.29. The van der Waals surface area contributed by atoms with E-state index < -0.39 is 37.5 Å². The van der Waals surface area contributed by atoms with Gasteiger partial charge < -0.3 is 5.43 Å². The number of hydrogen-bond acceptors (Lipinski definition) is 8. The Morgan fingerprint density at radius 1 is 0.667 bits per heavy atom. The summed E-state index contributed by atoms with van der Waals surface area (Å²) in [6.45, 7) is 0. The number of benzene rings is 4. The van der Waals surface area contributed by atoms with Crippen LogP contribution in [0.5, 0.6) is 0 Å². The molecule has 0 saturated carbocycles. The molecule has 0 aliphatic heterocycles. The highest BCUT2D eigenvalue weighted by molar-refractivity contribution is 5.96. The molecule has 4 rings (SSSR count). The van der Waals surface area contributed by atoms with Crippen LogP contribution in [0.1, 0.15) is 0 Å². The number of nitrogens with zero attached hydrogens (tertiary/aromatic N) is 3. The van der Waals surface area contributed by atoms with E-state index in [1.54, 1.807) is 5.43 Å². The van der Waals surface area contributed by atoms with Crippen molar-refractivity contribution in [2.45, 2.75) is 0 Å². The summed E-state index contributed by atoms with van der Waals surface area (Å²) in [6.07, 6.45) is 0. The van der Waals surface area contributed by atoms with Gasteiger partial charge in [0.2, 0.25) is 5.69 Å². The van der Waals surface area contributed by atoms with Gasteiger partial charge >= 0.3 is 11.4 Å². The van der Waals surface area contributed by atoms with Gasteiger partial charge in [0.1, 0.15) is 0 Å². The van der Waals surface area contributed by atoms with Crippen molar-refractivity contribution in [2.24, 2.45) is 5.84 Å². The van der Waals surface area contributed by atoms with Crippen LogP contribution in [0, 0.1) is 30.3 Å². The molecule has 0 unspecified atom stereocenters. The van der Waals surface area contributed by atoms with Crippen LogP contribution in [0.3, 0.4) is 0 Å². The van der Waals surface area contributed by atoms with Gasteiger partial charge in [-0.25, -0.2) is 0 Å². The minimum Gasteiger partial charge on any atom is -0.313 e. The lowest BCUT2D eigenvalue weighted by Crippen LogP contribution is -2.11. The fourth-order valence-corrected chi connectivity index (χ4v) is 3.23. The van der Waals surface area contributed by atoms with Crippen LogP contribution in [-0.2, 0) is 0 Å². The predicted molar refractivity (Wildman–Crippen MR) is 124 cm³/mol. The highest BCUT2D eigenvalue weighted by Crippen LogP contribution is 2.37. The number of rotatable bonds is 5. The number of nitrogens with two attached hydrogens (primary N) is 1. The van der Waals surface area contributed by atoms with E-state index >= 15 is 0 Å². The molecule has 11 nitrogen and oxygen atoms in total. The summed E-state index contributed by atoms with van der Waals surface area (Å²) in [5.74, 6) is 4.92. The zero-order chi connectivity index (χ0) is 24.0. The number of nitro groups is 3. The Morgan fingerprint density at radius 3 is 1.76 bits per heavy atom. The molecule has 0 bridgehead atoms. The smallest absolute Gasteiger partial charge is 0.307 e. The maximum Gasteiger partial charge on any atom is 0.307 e. The fraction of sp³-hybridized carbons (Fsp3) is 0. The van der Waals surface area contributed by atoms with E-state index in [2.05, 4.69) is 72.8 Å².